The molecule has 9 heteroatoms. The van der Waals surface area contributed by atoms with Gasteiger partial charge in [0.05, 0.1) is 11.1 Å². The zero-order valence-electron chi connectivity index (χ0n) is 34.0. The number of ether oxygens (including phenoxy) is 2. The number of esters is 2. The molecule has 4 saturated carbocycles. The van der Waals surface area contributed by atoms with Crippen LogP contribution in [0.25, 0.3) is 0 Å². The minimum absolute atomic E-state index is 0.109. The van der Waals surface area contributed by atoms with Gasteiger partial charge >= 0.3 is 11.9 Å². The Hall–Kier alpha value is -5.83. The van der Waals surface area contributed by atoms with Gasteiger partial charge in [0.15, 0.2) is 23.1 Å². The lowest BCUT2D eigenvalue weighted by atomic mass is 9.44. The number of benzene rings is 4. The molecule has 0 unspecified atom stereocenters. The molecule has 4 aromatic rings. The fourth-order valence-corrected chi connectivity index (χ4v) is 13.0. The SMILES string of the molecule is CC(=O)[C@H]1CC[C@H]2[C@@H]3CC[C@@H]4C[C@H](OC(=O)c5ccc6c(c5)C(=O)c5ccccc5C6=O)CC[C@]4(C)[C@H]3C[C@H](OC(=O)c3ccc4c(c3)C(=O)c3ccccc3C4=O)[C@]12C. The van der Waals surface area contributed by atoms with Gasteiger partial charge < -0.3 is 9.47 Å². The van der Waals surface area contributed by atoms with E-state index in [0.29, 0.717) is 47.4 Å². The molecule has 0 N–H and O–H groups in total. The lowest BCUT2D eigenvalue weighted by molar-refractivity contribution is -0.175. The van der Waals surface area contributed by atoms with Crippen LogP contribution in [0.5, 0.6) is 0 Å². The summed E-state index contributed by atoms with van der Waals surface area (Å²) in [5, 5.41) is 0. The molecule has 9 nitrogen and oxygen atoms in total. The molecule has 0 saturated heterocycles. The summed E-state index contributed by atoms with van der Waals surface area (Å²) < 4.78 is 12.7. The van der Waals surface area contributed by atoms with Gasteiger partial charge in [-0.05, 0) is 124 Å². The highest BCUT2D eigenvalue weighted by molar-refractivity contribution is 6.29. The van der Waals surface area contributed by atoms with Crippen molar-refractivity contribution in [1.82, 2.24) is 0 Å². The smallest absolute Gasteiger partial charge is 0.338 e. The zero-order chi connectivity index (χ0) is 41.8. The number of Topliss-reactive ketones (excluding diaryl/α,β-unsaturated/α-hetero) is 1. The Morgan fingerprint density at radius 1 is 0.550 bits per heavy atom. The molecule has 0 spiro atoms. The molecular weight excluding hydrogens is 757 g/mol. The van der Waals surface area contributed by atoms with E-state index in [-0.39, 0.29) is 97.5 Å². The molecule has 304 valence electrons. The van der Waals surface area contributed by atoms with Crippen LogP contribution in [-0.4, -0.2) is 53.1 Å². The van der Waals surface area contributed by atoms with E-state index in [4.69, 9.17) is 9.47 Å². The Labute approximate surface area is 348 Å². The fraction of sp³-hybridized carbons (Fsp3) is 0.392. The quantitative estimate of drug-likeness (QED) is 0.157. The molecule has 0 bridgehead atoms. The first-order chi connectivity index (χ1) is 28.8. The van der Waals surface area contributed by atoms with E-state index >= 15 is 0 Å². The van der Waals surface area contributed by atoms with Crippen molar-refractivity contribution < 1.29 is 43.0 Å². The summed E-state index contributed by atoms with van der Waals surface area (Å²) in [6.45, 7) is 6.14. The average Bonchev–Trinajstić information content (AvgIpc) is 3.63. The molecule has 4 fully saturated rings. The second-order valence-electron chi connectivity index (χ2n) is 18.6. The van der Waals surface area contributed by atoms with E-state index < -0.39 is 23.5 Å². The topological polar surface area (TPSA) is 138 Å². The van der Waals surface area contributed by atoms with Crippen LogP contribution < -0.4 is 0 Å². The second kappa shape index (κ2) is 13.9. The normalized spacial score (nSPS) is 31.0. The Morgan fingerprint density at radius 2 is 1.05 bits per heavy atom. The maximum atomic E-state index is 14.2. The van der Waals surface area contributed by atoms with Gasteiger partial charge in [0.25, 0.3) is 0 Å². The molecule has 60 heavy (non-hydrogen) atoms. The number of ketones is 5. The predicted octanol–water partition coefficient (Wildman–Crippen LogP) is 8.85. The van der Waals surface area contributed by atoms with Gasteiger partial charge in [-0.15, -0.1) is 0 Å². The van der Waals surface area contributed by atoms with Crippen LogP contribution >= 0.6 is 0 Å². The van der Waals surface area contributed by atoms with E-state index in [1.807, 2.05) is 0 Å². The van der Waals surface area contributed by atoms with Crippen LogP contribution in [0.4, 0.5) is 0 Å². The average molecular weight is 803 g/mol. The summed E-state index contributed by atoms with van der Waals surface area (Å²) in [7, 11) is 0. The Morgan fingerprint density at radius 3 is 1.58 bits per heavy atom. The van der Waals surface area contributed by atoms with Crippen molar-refractivity contribution >= 4 is 40.9 Å². The summed E-state index contributed by atoms with van der Waals surface area (Å²) in [5.41, 5.74) is 2.06. The van der Waals surface area contributed by atoms with Crippen molar-refractivity contribution in [1.29, 1.82) is 0 Å². The van der Waals surface area contributed by atoms with Gasteiger partial charge in [-0.3, -0.25) is 24.0 Å². The summed E-state index contributed by atoms with van der Waals surface area (Å²) >= 11 is 0. The fourth-order valence-electron chi connectivity index (χ4n) is 13.0. The summed E-state index contributed by atoms with van der Waals surface area (Å²) in [5.74, 6) is -1.32. The molecule has 6 aliphatic carbocycles. The Bertz CT molecular complexity index is 2600. The monoisotopic (exact) mass is 802 g/mol. The highest BCUT2D eigenvalue weighted by Crippen LogP contribution is 2.68. The van der Waals surface area contributed by atoms with Crippen molar-refractivity contribution in [2.45, 2.75) is 84.3 Å². The number of hydrogen-bond acceptors (Lipinski definition) is 9. The highest BCUT2D eigenvalue weighted by Gasteiger charge is 2.65. The lowest BCUT2D eigenvalue weighted by Crippen LogP contribution is -2.59. The third kappa shape index (κ3) is 5.60. The van der Waals surface area contributed by atoms with Crippen LogP contribution in [0.15, 0.2) is 84.9 Å². The second-order valence-corrected chi connectivity index (χ2v) is 18.6. The molecule has 9 atom stereocenters. The first kappa shape index (κ1) is 38.4. The van der Waals surface area contributed by atoms with Crippen LogP contribution in [0.2, 0.25) is 0 Å². The van der Waals surface area contributed by atoms with E-state index in [9.17, 15) is 33.6 Å². The summed E-state index contributed by atoms with van der Waals surface area (Å²) in [6.07, 6.45) is 5.47. The maximum absolute atomic E-state index is 14.2. The number of fused-ring (bicyclic) bond motifs is 9. The minimum Gasteiger partial charge on any atom is -0.459 e. The Kier molecular flexibility index (Phi) is 8.87. The third-order valence-corrected chi connectivity index (χ3v) is 16.0. The standard InChI is InChI=1S/C51H46O9/c1-26(52)40-18-19-41-37-17-14-29-24-30(59-48(57)27-12-15-35-38(22-27)46(55)33-10-6-4-8-31(33)44(35)53)20-21-50(29,2)42(37)25-43(51(40,41)3)60-49(58)28-13-16-36-39(23-28)47(56)34-11-7-5-9-32(34)45(36)54/h4-13,15-16,22-23,29-30,37,40-43H,14,17-21,24-25H2,1-3H3/t29-,30-,37+,40-,41+,42+,43+,50+,51-/m1/s1. The van der Waals surface area contributed by atoms with Gasteiger partial charge in [0.1, 0.15) is 18.0 Å². The number of carbonyl (C=O) groups is 7. The van der Waals surface area contributed by atoms with Gasteiger partial charge in [0.2, 0.25) is 0 Å². The van der Waals surface area contributed by atoms with Crippen LogP contribution in [0, 0.1) is 40.4 Å². The number of hydrogen-bond donors (Lipinski definition) is 0. The van der Waals surface area contributed by atoms with Gasteiger partial charge in [0, 0.05) is 55.8 Å². The first-order valence-corrected chi connectivity index (χ1v) is 21.4. The van der Waals surface area contributed by atoms with E-state index in [1.165, 1.54) is 12.1 Å². The van der Waals surface area contributed by atoms with Crippen molar-refractivity contribution in [3.05, 3.63) is 141 Å². The van der Waals surface area contributed by atoms with Crippen molar-refractivity contribution in [2.24, 2.45) is 40.4 Å². The highest BCUT2D eigenvalue weighted by atomic mass is 16.5. The molecule has 6 aliphatic rings. The largest absolute Gasteiger partial charge is 0.459 e. The van der Waals surface area contributed by atoms with Crippen molar-refractivity contribution in [3.8, 4) is 0 Å². The predicted molar refractivity (Wildman–Crippen MR) is 219 cm³/mol. The molecule has 4 aromatic carbocycles. The number of rotatable bonds is 5. The van der Waals surface area contributed by atoms with Crippen LogP contribution in [-0.2, 0) is 14.3 Å². The summed E-state index contributed by atoms with van der Waals surface area (Å²) in [4.78, 5) is 94.5. The molecule has 0 aliphatic heterocycles. The number of carbonyl (C=O) groups excluding carboxylic acids is 7. The van der Waals surface area contributed by atoms with Crippen molar-refractivity contribution in [2.75, 3.05) is 0 Å². The first-order valence-electron chi connectivity index (χ1n) is 21.4. The summed E-state index contributed by atoms with van der Waals surface area (Å²) in [6, 6.07) is 22.6. The molecule has 10 rings (SSSR count). The van der Waals surface area contributed by atoms with Crippen LogP contribution in [0.3, 0.4) is 0 Å². The molecule has 0 amide bonds. The van der Waals surface area contributed by atoms with E-state index in [1.54, 1.807) is 79.7 Å². The minimum atomic E-state index is -0.569. The van der Waals surface area contributed by atoms with Gasteiger partial charge in [-0.2, -0.15) is 0 Å². The van der Waals surface area contributed by atoms with Gasteiger partial charge in [-0.1, -0.05) is 62.4 Å². The van der Waals surface area contributed by atoms with E-state index in [0.717, 1.165) is 32.1 Å². The Balaban J connectivity index is 0.881. The van der Waals surface area contributed by atoms with E-state index in [2.05, 4.69) is 13.8 Å². The van der Waals surface area contributed by atoms with Crippen molar-refractivity contribution in [3.63, 3.8) is 0 Å². The maximum Gasteiger partial charge on any atom is 0.338 e. The molecule has 0 aromatic heterocycles. The zero-order valence-corrected chi connectivity index (χ0v) is 34.0. The molecular formula is C51H46O9. The third-order valence-electron chi connectivity index (χ3n) is 16.0. The lowest BCUT2D eigenvalue weighted by Gasteiger charge is -2.62. The van der Waals surface area contributed by atoms with Gasteiger partial charge in [-0.25, -0.2) is 9.59 Å². The van der Waals surface area contributed by atoms with Crippen LogP contribution in [0.1, 0.15) is 157 Å². The molecule has 0 radical (unpaired) electrons. The molecule has 0 heterocycles.